The molecule has 74 heavy (non-hydrogen) atoms. The number of ether oxygens (including phenoxy) is 2. The standard InChI is InChI=1S/C64H74N8O2/c1-5-9-11-13-15-17-19-49-21-29-53(30-22-49)55-33-37-57(38-34-55)61-47-71(65-45-51-25-41-59(42-26-51)73-7-3)63(67-61)69-70-64-68-62(48-72(64)66-46-52-27-43-60(44-28-52)74-8-4)58-39-35-56(36-40-58)54-31-23-50(24-32-54)20-18-16-14-12-10-6-2/h21-48,63,67H,5-20H2,1-4H3/b65-45-,66-46-,70-69+. The Balaban J connectivity index is 1.01. The number of azo groups is 1. The SMILES string of the molecule is CCCCCCCCc1ccc(-c2ccc(C3=CN(/N=C\c4ccc(OCC)cc4)C(/N=N/c4nc(-c5ccc(-c6ccc(CCCCCCCC)cc6)cc5)cn4/N=C\c4ccc(OCC)cc4)N3)cc2)cc1. The number of aryl methyl sites for hydroxylation is 2. The molecule has 0 saturated carbocycles. The van der Waals surface area contributed by atoms with E-state index in [-0.39, 0.29) is 0 Å². The molecule has 0 amide bonds. The molecule has 1 aromatic heterocycles. The summed E-state index contributed by atoms with van der Waals surface area (Å²) in [6.45, 7) is 9.70. The van der Waals surface area contributed by atoms with Crippen LogP contribution in [-0.2, 0) is 12.8 Å². The van der Waals surface area contributed by atoms with Crippen molar-refractivity contribution >= 4 is 24.1 Å². The Morgan fingerprint density at radius 2 is 0.919 bits per heavy atom. The number of aromatic nitrogens is 2. The summed E-state index contributed by atoms with van der Waals surface area (Å²) in [5.74, 6) is 1.94. The minimum absolute atomic E-state index is 0.320. The van der Waals surface area contributed by atoms with E-state index in [9.17, 15) is 0 Å². The Morgan fingerprint density at radius 3 is 1.41 bits per heavy atom. The lowest BCUT2D eigenvalue weighted by atomic mass is 9.99. The van der Waals surface area contributed by atoms with Crippen molar-refractivity contribution < 1.29 is 9.47 Å². The van der Waals surface area contributed by atoms with E-state index < -0.39 is 6.29 Å². The van der Waals surface area contributed by atoms with Crippen molar-refractivity contribution in [3.8, 4) is 45.0 Å². The Hall–Kier alpha value is -7.59. The molecule has 0 bridgehead atoms. The van der Waals surface area contributed by atoms with Gasteiger partial charge in [-0.2, -0.15) is 10.2 Å². The molecule has 1 aliphatic heterocycles. The molecule has 2 heterocycles. The van der Waals surface area contributed by atoms with Gasteiger partial charge in [0, 0.05) is 5.56 Å². The van der Waals surface area contributed by atoms with Gasteiger partial charge in [-0.3, -0.25) is 0 Å². The van der Waals surface area contributed by atoms with Gasteiger partial charge in [-0.1, -0.05) is 175 Å². The molecule has 0 aliphatic carbocycles. The van der Waals surface area contributed by atoms with Crippen molar-refractivity contribution in [2.75, 3.05) is 13.2 Å². The van der Waals surface area contributed by atoms with Crippen LogP contribution in [-0.4, -0.2) is 46.6 Å². The van der Waals surface area contributed by atoms with Crippen LogP contribution in [0.15, 0.2) is 178 Å². The van der Waals surface area contributed by atoms with Crippen molar-refractivity contribution in [3.63, 3.8) is 0 Å². The van der Waals surface area contributed by atoms with Gasteiger partial charge in [0.2, 0.25) is 6.29 Å². The second-order valence-corrected chi connectivity index (χ2v) is 19.0. The predicted octanol–water partition coefficient (Wildman–Crippen LogP) is 16.7. The van der Waals surface area contributed by atoms with Crippen LogP contribution in [0.1, 0.15) is 133 Å². The lowest BCUT2D eigenvalue weighted by Crippen LogP contribution is -2.30. The molecule has 0 fully saturated rings. The molecule has 1 unspecified atom stereocenters. The molecule has 382 valence electrons. The molecule has 0 radical (unpaired) electrons. The number of hydrogen-bond donors (Lipinski definition) is 1. The first kappa shape index (κ1) is 52.7. The van der Waals surface area contributed by atoms with Gasteiger partial charge < -0.3 is 14.8 Å². The van der Waals surface area contributed by atoms with Crippen LogP contribution < -0.4 is 14.8 Å². The summed E-state index contributed by atoms with van der Waals surface area (Å²) in [5.41, 5.74) is 12.8. The van der Waals surface area contributed by atoms with E-state index in [1.54, 1.807) is 15.9 Å². The van der Waals surface area contributed by atoms with Crippen LogP contribution in [0.3, 0.4) is 0 Å². The monoisotopic (exact) mass is 987 g/mol. The van der Waals surface area contributed by atoms with Crippen molar-refractivity contribution in [3.05, 3.63) is 186 Å². The minimum atomic E-state index is -0.678. The third-order valence-corrected chi connectivity index (χ3v) is 13.4. The van der Waals surface area contributed by atoms with E-state index in [4.69, 9.17) is 34.9 Å². The van der Waals surface area contributed by atoms with Gasteiger partial charge in [-0.15, -0.1) is 10.2 Å². The van der Waals surface area contributed by atoms with Gasteiger partial charge in [-0.05, 0) is 138 Å². The zero-order chi connectivity index (χ0) is 51.2. The maximum Gasteiger partial charge on any atom is 0.270 e. The van der Waals surface area contributed by atoms with E-state index in [2.05, 4.69) is 116 Å². The van der Waals surface area contributed by atoms with Crippen molar-refractivity contribution in [2.45, 2.75) is 124 Å². The summed E-state index contributed by atoms with van der Waals surface area (Å²) in [7, 11) is 0. The van der Waals surface area contributed by atoms with E-state index in [1.807, 2.05) is 81.0 Å². The number of hydrazone groups is 1. The highest BCUT2D eigenvalue weighted by atomic mass is 16.5. The predicted molar refractivity (Wildman–Crippen MR) is 306 cm³/mol. The third-order valence-electron chi connectivity index (χ3n) is 13.4. The first-order chi connectivity index (χ1) is 36.5. The maximum absolute atomic E-state index is 5.68. The molecular weight excluding hydrogens is 913 g/mol. The molecular formula is C64H74N8O2. The summed E-state index contributed by atoms with van der Waals surface area (Å²) in [6.07, 6.45) is 24.7. The molecule has 6 aromatic carbocycles. The summed E-state index contributed by atoms with van der Waals surface area (Å²) in [4.78, 5) is 5.00. The largest absolute Gasteiger partial charge is 0.494 e. The summed E-state index contributed by atoms with van der Waals surface area (Å²) >= 11 is 0. The van der Waals surface area contributed by atoms with Crippen LogP contribution in [0.25, 0.3) is 39.2 Å². The Bertz CT molecular complexity index is 2880. The number of nitrogens with zero attached hydrogens (tertiary/aromatic N) is 7. The Labute approximate surface area is 440 Å². The van der Waals surface area contributed by atoms with Crippen molar-refractivity contribution in [1.82, 2.24) is 20.0 Å². The molecule has 8 rings (SSSR count). The number of nitrogens with one attached hydrogen (secondary N) is 1. The Kier molecular flexibility index (Phi) is 20.0. The fourth-order valence-corrected chi connectivity index (χ4v) is 9.06. The number of unbranched alkanes of at least 4 members (excludes halogenated alkanes) is 10. The average Bonchev–Trinajstić information content (AvgIpc) is 4.06. The molecule has 10 nitrogen and oxygen atoms in total. The zero-order valence-electron chi connectivity index (χ0n) is 44.0. The quantitative estimate of drug-likeness (QED) is 0.0299. The lowest BCUT2D eigenvalue weighted by Gasteiger charge is -2.15. The zero-order valence-corrected chi connectivity index (χ0v) is 44.0. The van der Waals surface area contributed by atoms with Gasteiger partial charge in [0.05, 0.1) is 49.4 Å². The molecule has 1 N–H and O–H groups in total. The van der Waals surface area contributed by atoms with Gasteiger partial charge in [0.25, 0.3) is 5.95 Å². The highest BCUT2D eigenvalue weighted by Gasteiger charge is 2.25. The highest BCUT2D eigenvalue weighted by Crippen LogP contribution is 2.30. The highest BCUT2D eigenvalue weighted by molar-refractivity contribution is 5.81. The van der Waals surface area contributed by atoms with Crippen LogP contribution in [0.5, 0.6) is 11.5 Å². The number of hydrogen-bond acceptors (Lipinski definition) is 9. The molecule has 10 heteroatoms. The lowest BCUT2D eigenvalue weighted by molar-refractivity contribution is 0.293. The number of benzene rings is 6. The third kappa shape index (κ3) is 15.5. The Morgan fingerprint density at radius 1 is 0.486 bits per heavy atom. The van der Waals surface area contributed by atoms with E-state index in [1.165, 1.54) is 99.3 Å². The first-order valence-electron chi connectivity index (χ1n) is 27.2. The molecule has 0 spiro atoms. The average molecular weight is 987 g/mol. The van der Waals surface area contributed by atoms with Gasteiger partial charge in [-0.25, -0.2) is 14.7 Å². The van der Waals surface area contributed by atoms with E-state index in [0.29, 0.717) is 19.2 Å². The minimum Gasteiger partial charge on any atom is -0.494 e. The fraction of sp³-hybridized carbons (Fsp3) is 0.328. The summed E-state index contributed by atoms with van der Waals surface area (Å²) in [5, 5.41) is 24.7. The molecule has 1 atom stereocenters. The summed E-state index contributed by atoms with van der Waals surface area (Å²) < 4.78 is 13.0. The molecule has 7 aromatic rings. The van der Waals surface area contributed by atoms with Gasteiger partial charge in [0.15, 0.2) is 0 Å². The molecule has 0 saturated heterocycles. The van der Waals surface area contributed by atoms with Crippen LogP contribution >= 0.6 is 0 Å². The summed E-state index contributed by atoms with van der Waals surface area (Å²) in [6, 6.07) is 50.9. The topological polar surface area (TPSA) is 101 Å². The van der Waals surface area contributed by atoms with Crippen LogP contribution in [0, 0.1) is 0 Å². The first-order valence-corrected chi connectivity index (χ1v) is 27.2. The van der Waals surface area contributed by atoms with Crippen LogP contribution in [0.2, 0.25) is 0 Å². The van der Waals surface area contributed by atoms with Crippen LogP contribution in [0.4, 0.5) is 5.95 Å². The van der Waals surface area contributed by atoms with Crippen molar-refractivity contribution in [2.24, 2.45) is 20.4 Å². The van der Waals surface area contributed by atoms with Gasteiger partial charge in [0.1, 0.15) is 11.5 Å². The van der Waals surface area contributed by atoms with E-state index >= 15 is 0 Å². The number of imidazole rings is 1. The second-order valence-electron chi connectivity index (χ2n) is 19.0. The second kappa shape index (κ2) is 28.0. The maximum atomic E-state index is 5.68. The normalized spacial score (nSPS) is 13.6. The fourth-order valence-electron chi connectivity index (χ4n) is 9.06. The van der Waals surface area contributed by atoms with Crippen molar-refractivity contribution in [1.29, 1.82) is 0 Å². The smallest absolute Gasteiger partial charge is 0.270 e. The van der Waals surface area contributed by atoms with Gasteiger partial charge >= 0.3 is 0 Å². The van der Waals surface area contributed by atoms with E-state index in [0.717, 1.165) is 69.1 Å². The molecule has 1 aliphatic rings. The number of rotatable bonds is 28.